The van der Waals surface area contributed by atoms with Crippen LogP contribution in [-0.4, -0.2) is 15.5 Å². The lowest BCUT2D eigenvalue weighted by Gasteiger charge is -2.15. The first-order chi connectivity index (χ1) is 13.5. The Balaban J connectivity index is 1.70. The van der Waals surface area contributed by atoms with Crippen LogP contribution in [0, 0.1) is 0 Å². The van der Waals surface area contributed by atoms with E-state index in [-0.39, 0.29) is 11.5 Å². The molecule has 1 N–H and O–H groups in total. The molecule has 4 rings (SSSR count). The largest absolute Gasteiger partial charge is 0.324 e. The Morgan fingerprint density at radius 1 is 1.14 bits per heavy atom. The van der Waals surface area contributed by atoms with Crippen molar-refractivity contribution >= 4 is 49.1 Å². The summed E-state index contributed by atoms with van der Waals surface area (Å²) in [4.78, 5) is 30.9. The summed E-state index contributed by atoms with van der Waals surface area (Å²) in [7, 11) is 0. The Labute approximate surface area is 173 Å². The van der Waals surface area contributed by atoms with Crippen molar-refractivity contribution in [3.05, 3.63) is 81.1 Å². The van der Waals surface area contributed by atoms with E-state index in [1.807, 2.05) is 47.8 Å². The summed E-state index contributed by atoms with van der Waals surface area (Å²) in [5.41, 5.74) is 2.25. The molecule has 5 nitrogen and oxygen atoms in total. The second-order valence-corrected chi connectivity index (χ2v) is 8.10. The number of hydrogen-bond donors (Lipinski definition) is 1. The fourth-order valence-electron chi connectivity index (χ4n) is 2.96. The predicted octanol–water partition coefficient (Wildman–Crippen LogP) is 5.09. The van der Waals surface area contributed by atoms with Crippen LogP contribution in [0.15, 0.2) is 75.6 Å². The monoisotopic (exact) mass is 453 g/mol. The molecule has 2 aromatic carbocycles. The van der Waals surface area contributed by atoms with E-state index in [1.54, 1.807) is 19.1 Å². The highest BCUT2D eigenvalue weighted by Gasteiger charge is 2.20. The Morgan fingerprint density at radius 2 is 1.86 bits per heavy atom. The van der Waals surface area contributed by atoms with Crippen LogP contribution < -0.4 is 10.9 Å². The van der Waals surface area contributed by atoms with Crippen molar-refractivity contribution in [3.63, 3.8) is 0 Å². The molecule has 28 heavy (non-hydrogen) atoms. The number of nitrogens with one attached hydrogen (secondary N) is 1. The quantitative estimate of drug-likeness (QED) is 0.468. The van der Waals surface area contributed by atoms with E-state index in [0.717, 1.165) is 15.6 Å². The molecular formula is C21H16BrN3O2S. The van der Waals surface area contributed by atoms with E-state index in [1.165, 1.54) is 22.2 Å². The molecule has 140 valence electrons. The van der Waals surface area contributed by atoms with E-state index < -0.39 is 6.04 Å². The van der Waals surface area contributed by atoms with Gasteiger partial charge in [-0.25, -0.2) is 4.98 Å². The maximum absolute atomic E-state index is 13.2. The standard InChI is InChI=1S/C21H16BrN3O2S/c1-13(19(26)24-16-9-7-15(22)8-10-16)25-12-23-20-18(21(25)27)17(11-28-20)14-5-3-2-4-6-14/h2-13H,1H3,(H,24,26). The van der Waals surface area contributed by atoms with Gasteiger partial charge in [-0.15, -0.1) is 11.3 Å². The summed E-state index contributed by atoms with van der Waals surface area (Å²) in [6.45, 7) is 1.69. The second-order valence-electron chi connectivity index (χ2n) is 6.32. The van der Waals surface area contributed by atoms with Gasteiger partial charge in [-0.2, -0.15) is 0 Å². The lowest BCUT2D eigenvalue weighted by atomic mass is 10.1. The topological polar surface area (TPSA) is 64.0 Å². The van der Waals surface area contributed by atoms with Crippen LogP contribution in [0.5, 0.6) is 0 Å². The van der Waals surface area contributed by atoms with Crippen molar-refractivity contribution < 1.29 is 4.79 Å². The molecule has 2 aromatic heterocycles. The van der Waals surface area contributed by atoms with Crippen molar-refractivity contribution in [1.82, 2.24) is 9.55 Å². The summed E-state index contributed by atoms with van der Waals surface area (Å²) in [6, 6.07) is 16.3. The second kappa shape index (κ2) is 7.69. The maximum atomic E-state index is 13.2. The van der Waals surface area contributed by atoms with Crippen molar-refractivity contribution in [2.75, 3.05) is 5.32 Å². The van der Waals surface area contributed by atoms with Crippen LogP contribution in [0.25, 0.3) is 21.3 Å². The molecule has 0 saturated heterocycles. The molecule has 0 aliphatic heterocycles. The number of halogens is 1. The normalized spacial score (nSPS) is 12.1. The lowest BCUT2D eigenvalue weighted by molar-refractivity contribution is -0.118. The minimum atomic E-state index is -0.698. The maximum Gasteiger partial charge on any atom is 0.263 e. The van der Waals surface area contributed by atoms with Crippen LogP contribution >= 0.6 is 27.3 Å². The van der Waals surface area contributed by atoms with Gasteiger partial charge >= 0.3 is 0 Å². The third-order valence-corrected chi connectivity index (χ3v) is 5.93. The van der Waals surface area contributed by atoms with Gasteiger partial charge in [0.15, 0.2) is 0 Å². The summed E-state index contributed by atoms with van der Waals surface area (Å²) in [5, 5.41) is 5.32. The van der Waals surface area contributed by atoms with Crippen molar-refractivity contribution in [2.45, 2.75) is 13.0 Å². The number of hydrogen-bond acceptors (Lipinski definition) is 4. The molecule has 0 aliphatic rings. The van der Waals surface area contributed by atoms with E-state index in [9.17, 15) is 9.59 Å². The van der Waals surface area contributed by atoms with Crippen LogP contribution in [0.2, 0.25) is 0 Å². The number of anilines is 1. The van der Waals surface area contributed by atoms with E-state index >= 15 is 0 Å². The predicted molar refractivity (Wildman–Crippen MR) is 117 cm³/mol. The molecule has 0 saturated carbocycles. The third-order valence-electron chi connectivity index (χ3n) is 4.51. The molecule has 1 unspecified atom stereocenters. The highest BCUT2D eigenvalue weighted by Crippen LogP contribution is 2.30. The van der Waals surface area contributed by atoms with Gasteiger partial charge in [-0.3, -0.25) is 14.2 Å². The average molecular weight is 454 g/mol. The summed E-state index contributed by atoms with van der Waals surface area (Å²) < 4.78 is 2.31. The van der Waals surface area contributed by atoms with Gasteiger partial charge in [0.2, 0.25) is 5.91 Å². The smallest absolute Gasteiger partial charge is 0.263 e. The van der Waals surface area contributed by atoms with E-state index in [4.69, 9.17) is 0 Å². The van der Waals surface area contributed by atoms with E-state index in [2.05, 4.69) is 26.2 Å². The van der Waals surface area contributed by atoms with Crippen molar-refractivity contribution in [2.24, 2.45) is 0 Å². The van der Waals surface area contributed by atoms with Gasteiger partial charge in [-0.1, -0.05) is 46.3 Å². The summed E-state index contributed by atoms with van der Waals surface area (Å²) in [6.07, 6.45) is 1.45. The van der Waals surface area contributed by atoms with Gasteiger partial charge in [0.1, 0.15) is 10.9 Å². The number of aromatic nitrogens is 2. The Hall–Kier alpha value is -2.77. The fraction of sp³-hybridized carbons (Fsp3) is 0.0952. The minimum absolute atomic E-state index is 0.219. The summed E-state index contributed by atoms with van der Waals surface area (Å²) in [5.74, 6) is -0.276. The minimum Gasteiger partial charge on any atom is -0.324 e. The van der Waals surface area contributed by atoms with Gasteiger partial charge in [0, 0.05) is 21.1 Å². The lowest BCUT2D eigenvalue weighted by Crippen LogP contribution is -2.31. The first kappa shape index (κ1) is 18.6. The number of carbonyl (C=O) groups excluding carboxylic acids is 1. The molecule has 0 fully saturated rings. The van der Waals surface area contributed by atoms with Gasteiger partial charge in [-0.05, 0) is 36.8 Å². The molecule has 0 aliphatic carbocycles. The molecule has 0 bridgehead atoms. The highest BCUT2D eigenvalue weighted by atomic mass is 79.9. The number of fused-ring (bicyclic) bond motifs is 1. The van der Waals surface area contributed by atoms with Crippen LogP contribution in [0.1, 0.15) is 13.0 Å². The molecule has 4 aromatic rings. The number of rotatable bonds is 4. The molecule has 1 amide bonds. The van der Waals surface area contributed by atoms with Gasteiger partial charge < -0.3 is 5.32 Å². The number of nitrogens with zero attached hydrogens (tertiary/aromatic N) is 2. The zero-order valence-corrected chi connectivity index (χ0v) is 17.3. The van der Waals surface area contributed by atoms with Gasteiger partial charge in [0.05, 0.1) is 11.7 Å². The Morgan fingerprint density at radius 3 is 2.57 bits per heavy atom. The van der Waals surface area contributed by atoms with Gasteiger partial charge in [0.25, 0.3) is 5.56 Å². The Kier molecular flexibility index (Phi) is 5.11. The number of amides is 1. The first-order valence-corrected chi connectivity index (χ1v) is 10.3. The molecule has 7 heteroatoms. The zero-order valence-electron chi connectivity index (χ0n) is 14.9. The highest BCUT2D eigenvalue weighted by molar-refractivity contribution is 9.10. The van der Waals surface area contributed by atoms with Crippen molar-refractivity contribution in [1.29, 1.82) is 0 Å². The number of thiophene rings is 1. The first-order valence-electron chi connectivity index (χ1n) is 8.65. The molecule has 0 spiro atoms. The van der Waals surface area contributed by atoms with Crippen molar-refractivity contribution in [3.8, 4) is 11.1 Å². The zero-order chi connectivity index (χ0) is 19.7. The van der Waals surface area contributed by atoms with E-state index in [0.29, 0.717) is 15.9 Å². The Bertz CT molecular complexity index is 1200. The van der Waals surface area contributed by atoms with Crippen LogP contribution in [0.3, 0.4) is 0 Å². The molecule has 0 radical (unpaired) electrons. The SMILES string of the molecule is CC(C(=O)Nc1ccc(Br)cc1)n1cnc2scc(-c3ccccc3)c2c1=O. The molecule has 2 heterocycles. The molecule has 1 atom stereocenters. The number of benzene rings is 2. The van der Waals surface area contributed by atoms with Crippen LogP contribution in [-0.2, 0) is 4.79 Å². The third kappa shape index (κ3) is 3.50. The van der Waals surface area contributed by atoms with Crippen LogP contribution in [0.4, 0.5) is 5.69 Å². The summed E-state index contributed by atoms with van der Waals surface area (Å²) >= 11 is 4.79. The average Bonchev–Trinajstić information content (AvgIpc) is 3.15. The molecular weight excluding hydrogens is 438 g/mol. The number of carbonyl (C=O) groups is 1. The fourth-order valence-corrected chi connectivity index (χ4v) is 4.13.